The van der Waals surface area contributed by atoms with Crippen molar-refractivity contribution in [2.24, 2.45) is 5.92 Å². The first-order valence-electron chi connectivity index (χ1n) is 7.41. The average Bonchev–Trinajstić information content (AvgIpc) is 2.47. The molecule has 20 heavy (non-hydrogen) atoms. The first-order chi connectivity index (χ1) is 9.60. The smallest absolute Gasteiger partial charge is 0.317 e. The molecule has 0 aromatic heterocycles. The molecule has 0 radical (unpaired) electrons. The quantitative estimate of drug-likeness (QED) is 0.822. The van der Waals surface area contributed by atoms with Gasteiger partial charge in [0.25, 0.3) is 0 Å². The molecule has 1 aliphatic carbocycles. The number of carbonyl (C=O) groups is 2. The molecule has 2 fully saturated rings. The van der Waals surface area contributed by atoms with E-state index in [0.29, 0.717) is 19.4 Å². The lowest BCUT2D eigenvalue weighted by atomic mass is 9.86. The molecule has 1 heterocycles. The number of hydrogen-bond acceptors (Lipinski definition) is 3. The highest BCUT2D eigenvalue weighted by Crippen LogP contribution is 2.24. The van der Waals surface area contributed by atoms with Crippen LogP contribution < -0.4 is 5.32 Å². The van der Waals surface area contributed by atoms with Crippen molar-refractivity contribution < 1.29 is 19.4 Å². The summed E-state index contributed by atoms with van der Waals surface area (Å²) in [6.45, 7) is 1.42. The fourth-order valence-corrected chi connectivity index (χ4v) is 3.07. The maximum absolute atomic E-state index is 12.2. The highest BCUT2D eigenvalue weighted by atomic mass is 16.5. The monoisotopic (exact) mass is 284 g/mol. The second kappa shape index (κ2) is 6.92. The first-order valence-corrected chi connectivity index (χ1v) is 7.41. The van der Waals surface area contributed by atoms with Crippen LogP contribution in [0.15, 0.2) is 0 Å². The second-order valence-electron chi connectivity index (χ2n) is 5.78. The molecule has 1 aliphatic heterocycles. The van der Waals surface area contributed by atoms with Gasteiger partial charge in [-0.15, -0.1) is 0 Å². The number of rotatable bonds is 3. The zero-order valence-corrected chi connectivity index (χ0v) is 12.0. The van der Waals surface area contributed by atoms with Crippen molar-refractivity contribution in [3.8, 4) is 0 Å². The van der Waals surface area contributed by atoms with Crippen molar-refractivity contribution in [2.75, 3.05) is 20.2 Å². The minimum atomic E-state index is -0.714. The van der Waals surface area contributed by atoms with Crippen LogP contribution in [-0.2, 0) is 9.53 Å². The summed E-state index contributed by atoms with van der Waals surface area (Å²) in [4.78, 5) is 24.9. The molecule has 2 aliphatic rings. The summed E-state index contributed by atoms with van der Waals surface area (Å²) < 4.78 is 5.32. The van der Waals surface area contributed by atoms with E-state index in [1.54, 1.807) is 12.0 Å². The number of nitrogens with zero attached hydrogens (tertiary/aromatic N) is 1. The molecule has 0 bridgehead atoms. The van der Waals surface area contributed by atoms with Crippen molar-refractivity contribution >= 4 is 12.0 Å². The van der Waals surface area contributed by atoms with Gasteiger partial charge in [0.1, 0.15) is 0 Å². The van der Waals surface area contributed by atoms with E-state index >= 15 is 0 Å². The largest absolute Gasteiger partial charge is 0.481 e. The van der Waals surface area contributed by atoms with Crippen LogP contribution in [0.25, 0.3) is 0 Å². The Balaban J connectivity index is 1.76. The molecule has 2 rings (SSSR count). The van der Waals surface area contributed by atoms with E-state index in [-0.39, 0.29) is 24.1 Å². The molecule has 6 heteroatoms. The molecule has 6 nitrogen and oxygen atoms in total. The second-order valence-corrected chi connectivity index (χ2v) is 5.78. The summed E-state index contributed by atoms with van der Waals surface area (Å²) in [6.07, 6.45) is 4.93. The Kier molecular flexibility index (Phi) is 5.23. The lowest BCUT2D eigenvalue weighted by Crippen LogP contribution is -2.50. The Hall–Kier alpha value is -1.30. The number of ether oxygens (including phenoxy) is 1. The zero-order chi connectivity index (χ0) is 14.5. The predicted octanol–water partition coefficient (Wildman–Crippen LogP) is 1.45. The summed E-state index contributed by atoms with van der Waals surface area (Å²) in [5.41, 5.74) is 0. The Morgan fingerprint density at radius 3 is 2.50 bits per heavy atom. The Labute approximate surface area is 119 Å². The van der Waals surface area contributed by atoms with Crippen LogP contribution in [0.2, 0.25) is 0 Å². The van der Waals surface area contributed by atoms with Crippen LogP contribution in [0.1, 0.15) is 38.5 Å². The molecule has 1 saturated carbocycles. The van der Waals surface area contributed by atoms with Gasteiger partial charge in [0.15, 0.2) is 0 Å². The van der Waals surface area contributed by atoms with Gasteiger partial charge in [-0.1, -0.05) is 0 Å². The third kappa shape index (κ3) is 3.85. The van der Waals surface area contributed by atoms with Crippen molar-refractivity contribution in [3.05, 3.63) is 0 Å². The van der Waals surface area contributed by atoms with Gasteiger partial charge in [-0.25, -0.2) is 4.79 Å². The molecule has 1 unspecified atom stereocenters. The van der Waals surface area contributed by atoms with Gasteiger partial charge in [-0.3, -0.25) is 4.79 Å². The normalized spacial score (nSPS) is 30.9. The minimum absolute atomic E-state index is 0.0366. The van der Waals surface area contributed by atoms with Gasteiger partial charge in [0.05, 0.1) is 12.0 Å². The van der Waals surface area contributed by atoms with E-state index in [2.05, 4.69) is 5.32 Å². The number of carboxylic acid groups (broad SMARTS) is 1. The van der Waals surface area contributed by atoms with Crippen molar-refractivity contribution in [3.63, 3.8) is 0 Å². The molecule has 2 N–H and O–H groups in total. The van der Waals surface area contributed by atoms with Gasteiger partial charge < -0.3 is 20.1 Å². The molecule has 1 atom stereocenters. The van der Waals surface area contributed by atoms with Crippen LogP contribution >= 0.6 is 0 Å². The average molecular weight is 284 g/mol. The number of carboxylic acids is 1. The number of aliphatic carboxylic acids is 1. The van der Waals surface area contributed by atoms with Gasteiger partial charge in [0, 0.05) is 26.2 Å². The Bertz CT molecular complexity index is 353. The van der Waals surface area contributed by atoms with Crippen molar-refractivity contribution in [2.45, 2.75) is 50.7 Å². The third-order valence-corrected chi connectivity index (χ3v) is 4.40. The topological polar surface area (TPSA) is 78.9 Å². The highest BCUT2D eigenvalue weighted by Gasteiger charge is 2.29. The van der Waals surface area contributed by atoms with Gasteiger partial charge in [0.2, 0.25) is 0 Å². The lowest BCUT2D eigenvalue weighted by Gasteiger charge is -2.34. The SMILES string of the molecule is COC1CCCN(C(=O)NC2CCC(C(=O)O)CC2)C1. The summed E-state index contributed by atoms with van der Waals surface area (Å²) >= 11 is 0. The number of likely N-dealkylation sites (tertiary alicyclic amines) is 1. The zero-order valence-electron chi connectivity index (χ0n) is 12.0. The molecule has 0 spiro atoms. The standard InChI is InChI=1S/C14H24N2O4/c1-20-12-3-2-8-16(9-12)14(19)15-11-6-4-10(5-7-11)13(17)18/h10-12H,2-9H2,1H3,(H,15,19)(H,17,18). The van der Waals surface area contributed by atoms with Crippen molar-refractivity contribution in [1.29, 1.82) is 0 Å². The van der Waals surface area contributed by atoms with E-state index in [0.717, 1.165) is 32.2 Å². The van der Waals surface area contributed by atoms with E-state index in [1.165, 1.54) is 0 Å². The molecule has 114 valence electrons. The molecular formula is C14H24N2O4. The van der Waals surface area contributed by atoms with Gasteiger partial charge in [-0.05, 0) is 38.5 Å². The molecule has 2 amide bonds. The van der Waals surface area contributed by atoms with Crippen LogP contribution in [0, 0.1) is 5.92 Å². The fraction of sp³-hybridized carbons (Fsp3) is 0.857. The van der Waals surface area contributed by atoms with E-state index in [1.807, 2.05) is 0 Å². The number of methoxy groups -OCH3 is 1. The summed E-state index contributed by atoms with van der Waals surface area (Å²) in [5.74, 6) is -0.954. The summed E-state index contributed by atoms with van der Waals surface area (Å²) in [7, 11) is 1.68. The molecule has 0 aromatic rings. The predicted molar refractivity (Wildman–Crippen MR) is 73.5 cm³/mol. The maximum atomic E-state index is 12.2. The van der Waals surface area contributed by atoms with Crippen LogP contribution in [0.3, 0.4) is 0 Å². The number of carbonyl (C=O) groups excluding carboxylic acids is 1. The third-order valence-electron chi connectivity index (χ3n) is 4.40. The maximum Gasteiger partial charge on any atom is 0.317 e. The number of piperidine rings is 1. The summed E-state index contributed by atoms with van der Waals surface area (Å²) in [5, 5.41) is 12.0. The lowest BCUT2D eigenvalue weighted by molar-refractivity contribution is -0.142. The number of hydrogen-bond donors (Lipinski definition) is 2. The van der Waals surface area contributed by atoms with E-state index in [4.69, 9.17) is 9.84 Å². The molecule has 1 saturated heterocycles. The van der Waals surface area contributed by atoms with E-state index in [9.17, 15) is 9.59 Å². The number of urea groups is 1. The van der Waals surface area contributed by atoms with E-state index < -0.39 is 5.97 Å². The minimum Gasteiger partial charge on any atom is -0.481 e. The molecular weight excluding hydrogens is 260 g/mol. The van der Waals surface area contributed by atoms with Gasteiger partial charge >= 0.3 is 12.0 Å². The number of amides is 2. The highest BCUT2D eigenvalue weighted by molar-refractivity contribution is 5.75. The fourth-order valence-electron chi connectivity index (χ4n) is 3.07. The van der Waals surface area contributed by atoms with Crippen LogP contribution in [-0.4, -0.2) is 54.4 Å². The Morgan fingerprint density at radius 2 is 1.90 bits per heavy atom. The summed E-state index contributed by atoms with van der Waals surface area (Å²) in [6, 6.07) is 0.0755. The number of nitrogens with one attached hydrogen (secondary N) is 1. The molecule has 0 aromatic carbocycles. The van der Waals surface area contributed by atoms with Crippen molar-refractivity contribution in [1.82, 2.24) is 10.2 Å². The van der Waals surface area contributed by atoms with Crippen LogP contribution in [0.5, 0.6) is 0 Å². The van der Waals surface area contributed by atoms with Gasteiger partial charge in [-0.2, -0.15) is 0 Å². The first kappa shape index (κ1) is 15.1. The Morgan fingerprint density at radius 1 is 1.20 bits per heavy atom. The van der Waals surface area contributed by atoms with Crippen LogP contribution in [0.4, 0.5) is 4.79 Å².